The Balaban J connectivity index is 4.62. The zero-order chi connectivity index (χ0) is 11.0. The zero-order valence-electron chi connectivity index (χ0n) is 9.09. The standard InChI is InChI=1S/C12H21NO/c1-4-7-10-12(8-5-2,9-6-3)11(13)14/h5-6H,2-4,7-10H2,1H3,(H2,13,14). The van der Waals surface area contributed by atoms with Crippen molar-refractivity contribution >= 4 is 5.91 Å². The minimum absolute atomic E-state index is 0.231. The maximum absolute atomic E-state index is 11.4. The van der Waals surface area contributed by atoms with Crippen LogP contribution in [-0.2, 0) is 4.79 Å². The third-order valence-electron chi connectivity index (χ3n) is 2.60. The first kappa shape index (κ1) is 12.9. The minimum atomic E-state index is -0.445. The normalized spacial score (nSPS) is 10.9. The van der Waals surface area contributed by atoms with Gasteiger partial charge in [-0.1, -0.05) is 31.9 Å². The maximum atomic E-state index is 11.4. The molecular formula is C12H21NO. The van der Waals surface area contributed by atoms with Crippen LogP contribution in [0.15, 0.2) is 25.3 Å². The number of amides is 1. The molecule has 0 aliphatic rings. The minimum Gasteiger partial charge on any atom is -0.369 e. The zero-order valence-corrected chi connectivity index (χ0v) is 9.09. The van der Waals surface area contributed by atoms with E-state index in [0.717, 1.165) is 19.3 Å². The summed E-state index contributed by atoms with van der Waals surface area (Å²) in [6, 6.07) is 0. The Morgan fingerprint density at radius 1 is 1.36 bits per heavy atom. The van der Waals surface area contributed by atoms with E-state index < -0.39 is 5.41 Å². The smallest absolute Gasteiger partial charge is 0.224 e. The van der Waals surface area contributed by atoms with Crippen LogP contribution < -0.4 is 5.73 Å². The summed E-state index contributed by atoms with van der Waals surface area (Å²) in [7, 11) is 0. The number of hydrogen-bond donors (Lipinski definition) is 1. The van der Waals surface area contributed by atoms with Crippen molar-refractivity contribution in [2.75, 3.05) is 0 Å². The third kappa shape index (κ3) is 3.36. The van der Waals surface area contributed by atoms with E-state index in [1.165, 1.54) is 0 Å². The Hall–Kier alpha value is -1.05. The van der Waals surface area contributed by atoms with Crippen LogP contribution >= 0.6 is 0 Å². The fraction of sp³-hybridized carbons (Fsp3) is 0.583. The van der Waals surface area contributed by atoms with Gasteiger partial charge in [-0.15, -0.1) is 13.2 Å². The van der Waals surface area contributed by atoms with Gasteiger partial charge in [0, 0.05) is 0 Å². The predicted octanol–water partition coefficient (Wildman–Crippen LogP) is 2.80. The van der Waals surface area contributed by atoms with Gasteiger partial charge in [0.2, 0.25) is 5.91 Å². The molecule has 0 spiro atoms. The quantitative estimate of drug-likeness (QED) is 0.595. The molecule has 0 saturated carbocycles. The van der Waals surface area contributed by atoms with Crippen molar-refractivity contribution in [1.82, 2.24) is 0 Å². The van der Waals surface area contributed by atoms with Gasteiger partial charge in [-0.2, -0.15) is 0 Å². The highest BCUT2D eigenvalue weighted by atomic mass is 16.1. The molecule has 0 aliphatic carbocycles. The van der Waals surface area contributed by atoms with E-state index in [2.05, 4.69) is 20.1 Å². The molecule has 14 heavy (non-hydrogen) atoms. The van der Waals surface area contributed by atoms with Crippen LogP contribution in [0.25, 0.3) is 0 Å². The van der Waals surface area contributed by atoms with Crippen LogP contribution in [0.1, 0.15) is 39.0 Å². The van der Waals surface area contributed by atoms with Crippen LogP contribution in [0, 0.1) is 5.41 Å². The number of hydrogen-bond acceptors (Lipinski definition) is 1. The van der Waals surface area contributed by atoms with Crippen molar-refractivity contribution in [2.45, 2.75) is 39.0 Å². The molecule has 0 unspecified atom stereocenters. The highest BCUT2D eigenvalue weighted by Gasteiger charge is 2.32. The molecule has 0 aromatic carbocycles. The fourth-order valence-corrected chi connectivity index (χ4v) is 1.68. The molecule has 2 heteroatoms. The molecule has 80 valence electrons. The second-order valence-electron chi connectivity index (χ2n) is 3.73. The second-order valence-corrected chi connectivity index (χ2v) is 3.73. The van der Waals surface area contributed by atoms with E-state index in [-0.39, 0.29) is 5.91 Å². The monoisotopic (exact) mass is 195 g/mol. The van der Waals surface area contributed by atoms with Crippen molar-refractivity contribution in [3.63, 3.8) is 0 Å². The first-order valence-electron chi connectivity index (χ1n) is 5.14. The summed E-state index contributed by atoms with van der Waals surface area (Å²) in [4.78, 5) is 11.4. The Bertz CT molecular complexity index is 198. The lowest BCUT2D eigenvalue weighted by molar-refractivity contribution is -0.127. The molecule has 0 radical (unpaired) electrons. The van der Waals surface area contributed by atoms with E-state index in [1.54, 1.807) is 12.2 Å². The van der Waals surface area contributed by atoms with Gasteiger partial charge < -0.3 is 5.73 Å². The number of allylic oxidation sites excluding steroid dienone is 2. The van der Waals surface area contributed by atoms with Crippen LogP contribution in [0.5, 0.6) is 0 Å². The summed E-state index contributed by atoms with van der Waals surface area (Å²) in [5, 5.41) is 0. The lowest BCUT2D eigenvalue weighted by atomic mass is 9.76. The van der Waals surface area contributed by atoms with Crippen LogP contribution in [0.3, 0.4) is 0 Å². The lowest BCUT2D eigenvalue weighted by Crippen LogP contribution is -2.36. The molecule has 1 amide bonds. The molecule has 0 saturated heterocycles. The molecule has 2 N–H and O–H groups in total. The molecule has 0 atom stereocenters. The number of rotatable bonds is 8. The van der Waals surface area contributed by atoms with E-state index in [1.807, 2.05) is 0 Å². The predicted molar refractivity (Wildman–Crippen MR) is 60.8 cm³/mol. The Morgan fingerprint density at radius 2 is 1.86 bits per heavy atom. The van der Waals surface area contributed by atoms with Gasteiger partial charge in [0.25, 0.3) is 0 Å². The van der Waals surface area contributed by atoms with Crippen molar-refractivity contribution in [3.8, 4) is 0 Å². The summed E-state index contributed by atoms with van der Waals surface area (Å²) in [6.45, 7) is 9.46. The lowest BCUT2D eigenvalue weighted by Gasteiger charge is -2.28. The molecule has 0 aromatic rings. The Kier molecular flexibility index (Phi) is 5.93. The number of nitrogens with two attached hydrogens (primary N) is 1. The van der Waals surface area contributed by atoms with Gasteiger partial charge >= 0.3 is 0 Å². The van der Waals surface area contributed by atoms with Gasteiger partial charge in [0.15, 0.2) is 0 Å². The average molecular weight is 195 g/mol. The Morgan fingerprint density at radius 3 is 2.14 bits per heavy atom. The van der Waals surface area contributed by atoms with Gasteiger partial charge in [-0.05, 0) is 19.3 Å². The van der Waals surface area contributed by atoms with E-state index in [4.69, 9.17) is 5.73 Å². The van der Waals surface area contributed by atoms with Crippen LogP contribution in [-0.4, -0.2) is 5.91 Å². The van der Waals surface area contributed by atoms with Gasteiger partial charge in [-0.3, -0.25) is 4.79 Å². The number of primary amides is 1. The molecular weight excluding hydrogens is 174 g/mol. The van der Waals surface area contributed by atoms with Crippen LogP contribution in [0.2, 0.25) is 0 Å². The van der Waals surface area contributed by atoms with Gasteiger partial charge in [0.1, 0.15) is 0 Å². The van der Waals surface area contributed by atoms with Crippen molar-refractivity contribution < 1.29 is 4.79 Å². The van der Waals surface area contributed by atoms with Gasteiger partial charge in [0.05, 0.1) is 5.41 Å². The van der Waals surface area contributed by atoms with Crippen molar-refractivity contribution in [3.05, 3.63) is 25.3 Å². The summed E-state index contributed by atoms with van der Waals surface area (Å²) < 4.78 is 0. The Labute approximate surface area is 86.9 Å². The fourth-order valence-electron chi connectivity index (χ4n) is 1.68. The molecule has 0 bridgehead atoms. The second kappa shape index (κ2) is 6.41. The molecule has 0 fully saturated rings. The number of unbranched alkanes of at least 4 members (excludes halogenated alkanes) is 1. The van der Waals surface area contributed by atoms with Crippen molar-refractivity contribution in [2.24, 2.45) is 11.1 Å². The largest absolute Gasteiger partial charge is 0.369 e. The molecule has 0 aromatic heterocycles. The SMILES string of the molecule is C=CCC(CC=C)(CCCC)C(N)=O. The summed E-state index contributed by atoms with van der Waals surface area (Å²) >= 11 is 0. The number of carbonyl (C=O) groups excluding carboxylic acids is 1. The van der Waals surface area contributed by atoms with Crippen LogP contribution in [0.4, 0.5) is 0 Å². The average Bonchev–Trinajstić information content (AvgIpc) is 2.14. The molecule has 0 aliphatic heterocycles. The first-order chi connectivity index (χ1) is 6.63. The van der Waals surface area contributed by atoms with Crippen molar-refractivity contribution in [1.29, 1.82) is 0 Å². The highest BCUT2D eigenvalue weighted by molar-refractivity contribution is 5.81. The number of carbonyl (C=O) groups is 1. The first-order valence-corrected chi connectivity index (χ1v) is 5.14. The van der Waals surface area contributed by atoms with Gasteiger partial charge in [-0.25, -0.2) is 0 Å². The third-order valence-corrected chi connectivity index (χ3v) is 2.60. The summed E-state index contributed by atoms with van der Waals surface area (Å²) in [5.74, 6) is -0.231. The summed E-state index contributed by atoms with van der Waals surface area (Å²) in [5.41, 5.74) is 5.01. The maximum Gasteiger partial charge on any atom is 0.224 e. The molecule has 0 heterocycles. The highest BCUT2D eigenvalue weighted by Crippen LogP contribution is 2.33. The summed E-state index contributed by atoms with van der Waals surface area (Å²) in [6.07, 6.45) is 7.75. The van der Waals surface area contributed by atoms with E-state index >= 15 is 0 Å². The molecule has 0 rings (SSSR count). The molecule has 2 nitrogen and oxygen atoms in total. The van der Waals surface area contributed by atoms with E-state index in [0.29, 0.717) is 12.8 Å². The van der Waals surface area contributed by atoms with E-state index in [9.17, 15) is 4.79 Å². The topological polar surface area (TPSA) is 43.1 Å².